The molecule has 2 nitrogen and oxygen atoms in total. The van der Waals surface area contributed by atoms with E-state index in [4.69, 9.17) is 5.73 Å². The summed E-state index contributed by atoms with van der Waals surface area (Å²) in [4.78, 5) is 4.28. The molecule has 0 aromatic carbocycles. The van der Waals surface area contributed by atoms with E-state index in [1.54, 1.807) is 0 Å². The number of hydrogen-bond donors (Lipinski definition) is 1. The minimum absolute atomic E-state index is 0.826. The van der Waals surface area contributed by atoms with Crippen LogP contribution in [-0.4, -0.2) is 5.84 Å². The number of hydrogen-bond acceptors (Lipinski definition) is 2. The van der Waals surface area contributed by atoms with E-state index in [2.05, 4.69) is 4.99 Å². The fraction of sp³-hybridized carbons (Fsp3) is 0.625. The maximum absolute atomic E-state index is 5.60. The predicted octanol–water partition coefficient (Wildman–Crippen LogP) is 1.58. The lowest BCUT2D eigenvalue weighted by Gasteiger charge is -2.10. The number of nitrogens with zero attached hydrogens (tertiary/aromatic N) is 1. The van der Waals surface area contributed by atoms with Gasteiger partial charge in [0.25, 0.3) is 0 Å². The van der Waals surface area contributed by atoms with Crippen LogP contribution in [0.25, 0.3) is 0 Å². The van der Waals surface area contributed by atoms with Crippen LogP contribution in [0.5, 0.6) is 0 Å². The van der Waals surface area contributed by atoms with Crippen LogP contribution >= 0.6 is 0 Å². The predicted molar refractivity (Wildman–Crippen MR) is 41.7 cm³/mol. The molecule has 0 spiro atoms. The zero-order valence-electron chi connectivity index (χ0n) is 6.06. The molecule has 0 atom stereocenters. The zero-order chi connectivity index (χ0) is 6.97. The first-order valence-electron chi connectivity index (χ1n) is 3.90. The Balaban J connectivity index is 2.22. The summed E-state index contributed by atoms with van der Waals surface area (Å²) >= 11 is 0. The van der Waals surface area contributed by atoms with Gasteiger partial charge in [-0.3, -0.25) is 0 Å². The number of aliphatic imine (C=N–C) groups is 1. The summed E-state index contributed by atoms with van der Waals surface area (Å²) in [5, 5.41) is 0. The molecule has 0 aromatic rings. The van der Waals surface area contributed by atoms with Crippen LogP contribution in [0.1, 0.15) is 32.1 Å². The van der Waals surface area contributed by atoms with Crippen molar-refractivity contribution in [3.8, 4) is 0 Å². The highest BCUT2D eigenvalue weighted by Crippen LogP contribution is 2.31. The van der Waals surface area contributed by atoms with Gasteiger partial charge in [-0.15, -0.1) is 0 Å². The first-order valence-corrected chi connectivity index (χ1v) is 3.90. The second kappa shape index (κ2) is 2.11. The Bertz CT molecular complexity index is 213. The van der Waals surface area contributed by atoms with Crippen molar-refractivity contribution in [2.24, 2.45) is 10.7 Å². The molecule has 2 aliphatic rings. The van der Waals surface area contributed by atoms with E-state index in [9.17, 15) is 0 Å². The van der Waals surface area contributed by atoms with Crippen molar-refractivity contribution in [2.45, 2.75) is 32.1 Å². The fourth-order valence-corrected chi connectivity index (χ4v) is 1.71. The lowest BCUT2D eigenvalue weighted by Crippen LogP contribution is -2.07. The third-order valence-electron chi connectivity index (χ3n) is 2.22. The molecular formula is C8H12N2. The second-order valence-corrected chi connectivity index (χ2v) is 3.04. The van der Waals surface area contributed by atoms with Gasteiger partial charge in [0.2, 0.25) is 0 Å². The Morgan fingerprint density at radius 1 is 1.20 bits per heavy atom. The van der Waals surface area contributed by atoms with Crippen LogP contribution in [0.4, 0.5) is 0 Å². The SMILES string of the molecule is NC1=NC2=C(CCCC2)C1. The molecule has 0 radical (unpaired) electrons. The first-order chi connectivity index (χ1) is 4.86. The van der Waals surface area contributed by atoms with Gasteiger partial charge in [-0.1, -0.05) is 0 Å². The highest BCUT2D eigenvalue weighted by Gasteiger charge is 2.18. The number of rotatable bonds is 0. The number of nitrogens with two attached hydrogens (primary N) is 1. The van der Waals surface area contributed by atoms with Crippen LogP contribution in [0.15, 0.2) is 16.3 Å². The molecule has 1 aliphatic carbocycles. The first kappa shape index (κ1) is 5.96. The highest BCUT2D eigenvalue weighted by atomic mass is 14.9. The Morgan fingerprint density at radius 2 is 2.00 bits per heavy atom. The molecule has 2 heteroatoms. The molecule has 10 heavy (non-hydrogen) atoms. The van der Waals surface area contributed by atoms with Crippen molar-refractivity contribution in [3.63, 3.8) is 0 Å². The van der Waals surface area contributed by atoms with Crippen molar-refractivity contribution in [1.29, 1.82) is 0 Å². The summed E-state index contributed by atoms with van der Waals surface area (Å²) in [7, 11) is 0. The van der Waals surface area contributed by atoms with E-state index in [0.29, 0.717) is 0 Å². The molecule has 1 aliphatic heterocycles. The molecule has 2 rings (SSSR count). The van der Waals surface area contributed by atoms with Crippen molar-refractivity contribution < 1.29 is 0 Å². The van der Waals surface area contributed by atoms with Crippen molar-refractivity contribution >= 4 is 5.84 Å². The molecule has 0 saturated carbocycles. The Kier molecular flexibility index (Phi) is 1.26. The normalized spacial score (nSPS) is 24.6. The van der Waals surface area contributed by atoms with Crippen LogP contribution in [-0.2, 0) is 0 Å². The van der Waals surface area contributed by atoms with Crippen LogP contribution in [0.2, 0.25) is 0 Å². The minimum atomic E-state index is 0.826. The van der Waals surface area contributed by atoms with Crippen molar-refractivity contribution in [2.75, 3.05) is 0 Å². The van der Waals surface area contributed by atoms with E-state index in [1.807, 2.05) is 0 Å². The van der Waals surface area contributed by atoms with Crippen molar-refractivity contribution in [3.05, 3.63) is 11.3 Å². The third kappa shape index (κ3) is 0.838. The van der Waals surface area contributed by atoms with Gasteiger partial charge in [-0.2, -0.15) is 0 Å². The lowest BCUT2D eigenvalue weighted by molar-refractivity contribution is 0.670. The van der Waals surface area contributed by atoms with Gasteiger partial charge >= 0.3 is 0 Å². The van der Waals surface area contributed by atoms with Crippen LogP contribution in [0.3, 0.4) is 0 Å². The zero-order valence-corrected chi connectivity index (χ0v) is 6.06. The van der Waals surface area contributed by atoms with Gasteiger partial charge < -0.3 is 5.73 Å². The van der Waals surface area contributed by atoms with Gasteiger partial charge in [0.1, 0.15) is 5.84 Å². The van der Waals surface area contributed by atoms with E-state index < -0.39 is 0 Å². The molecule has 0 saturated heterocycles. The molecule has 0 unspecified atom stereocenters. The molecule has 2 N–H and O–H groups in total. The van der Waals surface area contributed by atoms with Crippen LogP contribution < -0.4 is 5.73 Å². The van der Waals surface area contributed by atoms with E-state index in [1.165, 1.54) is 30.5 Å². The number of allylic oxidation sites excluding steroid dienone is 1. The molecule has 54 valence electrons. The molecular weight excluding hydrogens is 124 g/mol. The summed E-state index contributed by atoms with van der Waals surface area (Å²) in [5.74, 6) is 0.826. The molecule has 0 aromatic heterocycles. The Morgan fingerprint density at radius 3 is 2.80 bits per heavy atom. The second-order valence-electron chi connectivity index (χ2n) is 3.04. The Labute approximate surface area is 60.8 Å². The molecule has 0 fully saturated rings. The standard InChI is InChI=1S/C8H12N2/c9-8-5-6-3-1-2-4-7(6)10-8/h1-5H2,(H2,9,10). The maximum atomic E-state index is 5.60. The van der Waals surface area contributed by atoms with Gasteiger partial charge in [-0.25, -0.2) is 4.99 Å². The number of amidine groups is 1. The van der Waals surface area contributed by atoms with E-state index in [0.717, 1.165) is 18.7 Å². The summed E-state index contributed by atoms with van der Waals surface area (Å²) in [6, 6.07) is 0. The average molecular weight is 136 g/mol. The molecule has 0 amide bonds. The maximum Gasteiger partial charge on any atom is 0.103 e. The summed E-state index contributed by atoms with van der Waals surface area (Å²) in [5.41, 5.74) is 8.40. The van der Waals surface area contributed by atoms with Gasteiger partial charge in [0, 0.05) is 12.1 Å². The fourth-order valence-electron chi connectivity index (χ4n) is 1.71. The summed E-state index contributed by atoms with van der Waals surface area (Å²) in [6.07, 6.45) is 5.99. The van der Waals surface area contributed by atoms with Gasteiger partial charge in [-0.05, 0) is 31.3 Å². The monoisotopic (exact) mass is 136 g/mol. The van der Waals surface area contributed by atoms with Crippen molar-refractivity contribution in [1.82, 2.24) is 0 Å². The summed E-state index contributed by atoms with van der Waals surface area (Å²) < 4.78 is 0. The largest absolute Gasteiger partial charge is 0.387 e. The quantitative estimate of drug-likeness (QED) is 0.539. The summed E-state index contributed by atoms with van der Waals surface area (Å²) in [6.45, 7) is 0. The molecule has 0 bridgehead atoms. The minimum Gasteiger partial charge on any atom is -0.387 e. The smallest absolute Gasteiger partial charge is 0.103 e. The van der Waals surface area contributed by atoms with Crippen LogP contribution in [0, 0.1) is 0 Å². The van der Waals surface area contributed by atoms with Gasteiger partial charge in [0.15, 0.2) is 0 Å². The highest BCUT2D eigenvalue weighted by molar-refractivity contribution is 5.86. The topological polar surface area (TPSA) is 38.4 Å². The Hall–Kier alpha value is -0.790. The average Bonchev–Trinajstić information content (AvgIpc) is 2.27. The van der Waals surface area contributed by atoms with Gasteiger partial charge in [0.05, 0.1) is 0 Å². The van der Waals surface area contributed by atoms with E-state index >= 15 is 0 Å². The molecule has 1 heterocycles. The lowest BCUT2D eigenvalue weighted by atomic mass is 9.96. The van der Waals surface area contributed by atoms with E-state index in [-0.39, 0.29) is 0 Å². The third-order valence-corrected chi connectivity index (χ3v) is 2.22.